The van der Waals surface area contributed by atoms with Crippen molar-refractivity contribution in [2.45, 2.75) is 6.04 Å². The number of nitrogens with one attached hydrogen (secondary N) is 1. The summed E-state index contributed by atoms with van der Waals surface area (Å²) in [5, 5.41) is 5.03. The zero-order valence-electron chi connectivity index (χ0n) is 21.6. The summed E-state index contributed by atoms with van der Waals surface area (Å²) in [4.78, 5) is 3.54. The maximum Gasteiger partial charge on any atom is 0.0713 e. The lowest BCUT2D eigenvalue weighted by Gasteiger charge is -2.15. The van der Waals surface area contributed by atoms with Gasteiger partial charge in [-0.15, -0.1) is 0 Å². The quantitative estimate of drug-likeness (QED) is 0.219. The van der Waals surface area contributed by atoms with Gasteiger partial charge < -0.3 is 9.55 Å². The highest BCUT2D eigenvalue weighted by atomic mass is 15.0. The van der Waals surface area contributed by atoms with E-state index in [1.54, 1.807) is 0 Å². The number of rotatable bonds is 6. The first-order chi connectivity index (χ1) is 19.3. The van der Waals surface area contributed by atoms with Crippen molar-refractivity contribution in [2.24, 2.45) is 0 Å². The number of H-pyrrole nitrogens is 1. The molecule has 0 spiro atoms. The molecule has 1 atom stereocenters. The predicted octanol–water partition coefficient (Wildman–Crippen LogP) is 10.1. The molecule has 0 saturated heterocycles. The van der Waals surface area contributed by atoms with Gasteiger partial charge >= 0.3 is 0 Å². The van der Waals surface area contributed by atoms with Gasteiger partial charge in [-0.3, -0.25) is 0 Å². The van der Waals surface area contributed by atoms with E-state index in [1.807, 2.05) is 18.2 Å². The van der Waals surface area contributed by atoms with Gasteiger partial charge in [-0.1, -0.05) is 116 Å². The number of benzene rings is 5. The molecule has 0 aliphatic rings. The Balaban J connectivity index is 1.40. The summed E-state index contributed by atoms with van der Waals surface area (Å²) in [6.07, 6.45) is 10.5. The van der Waals surface area contributed by atoms with E-state index in [0.29, 0.717) is 0 Å². The number of allylic oxidation sites excluding steroid dienone is 4. The number of fused-ring (bicyclic) bond motifs is 6. The molecule has 0 amide bonds. The summed E-state index contributed by atoms with van der Waals surface area (Å²) in [5.41, 5.74) is 8.39. The van der Waals surface area contributed by atoms with E-state index in [9.17, 15) is 0 Å². The lowest BCUT2D eigenvalue weighted by atomic mass is 10.0. The lowest BCUT2D eigenvalue weighted by Crippen LogP contribution is -2.03. The standard InChI is InChI=1S/C37H28N2/c1-2-3-13-29(21-18-26-11-5-4-6-12-26)39-36-17-10-8-15-31(36)33-25-28(20-23-37(33)39)27-19-22-35-32(24-27)30-14-7-9-16-34(30)38-35/h2-25,29,38H,1H2/b13-3-,21-18?. The van der Waals surface area contributed by atoms with Crippen LogP contribution in [-0.4, -0.2) is 9.55 Å². The molecule has 2 nitrogen and oxygen atoms in total. The monoisotopic (exact) mass is 500 g/mol. The number of hydrogen-bond donors (Lipinski definition) is 1. The number of hydrogen-bond acceptors (Lipinski definition) is 0. The van der Waals surface area contributed by atoms with Crippen LogP contribution in [-0.2, 0) is 0 Å². The molecule has 0 saturated carbocycles. The van der Waals surface area contributed by atoms with Gasteiger partial charge in [0.2, 0.25) is 0 Å². The predicted molar refractivity (Wildman–Crippen MR) is 168 cm³/mol. The van der Waals surface area contributed by atoms with Crippen LogP contribution in [0.25, 0.3) is 60.8 Å². The minimum absolute atomic E-state index is 0.0408. The summed E-state index contributed by atoms with van der Waals surface area (Å²) in [5.74, 6) is 0. The SMILES string of the molecule is C=C/C=C\C(C=Cc1ccccc1)n1c2ccccc2c2cc(-c3ccc4[nH]c5ccccc5c4c3)ccc21. The van der Waals surface area contributed by atoms with Gasteiger partial charge in [0.15, 0.2) is 0 Å². The molecule has 7 aromatic rings. The van der Waals surface area contributed by atoms with Crippen LogP contribution in [0, 0.1) is 0 Å². The highest BCUT2D eigenvalue weighted by Crippen LogP contribution is 2.37. The number of para-hydroxylation sites is 2. The van der Waals surface area contributed by atoms with E-state index in [2.05, 4.69) is 144 Å². The van der Waals surface area contributed by atoms with Gasteiger partial charge in [-0.25, -0.2) is 0 Å². The summed E-state index contributed by atoms with van der Waals surface area (Å²) in [6, 6.07) is 41.3. The van der Waals surface area contributed by atoms with Crippen molar-refractivity contribution in [3.05, 3.63) is 152 Å². The molecule has 0 aliphatic carbocycles. The zero-order chi connectivity index (χ0) is 26.2. The Morgan fingerprint density at radius 3 is 2.10 bits per heavy atom. The van der Waals surface area contributed by atoms with Gasteiger partial charge in [-0.05, 0) is 53.1 Å². The van der Waals surface area contributed by atoms with E-state index in [0.717, 1.165) is 0 Å². The molecule has 2 aromatic heterocycles. The van der Waals surface area contributed by atoms with Crippen LogP contribution in [0.15, 0.2) is 146 Å². The molecule has 0 fully saturated rings. The van der Waals surface area contributed by atoms with Crippen molar-refractivity contribution in [1.29, 1.82) is 0 Å². The van der Waals surface area contributed by atoms with Crippen molar-refractivity contribution in [2.75, 3.05) is 0 Å². The first-order valence-electron chi connectivity index (χ1n) is 13.4. The molecule has 2 heteroatoms. The summed E-state index contributed by atoms with van der Waals surface area (Å²) >= 11 is 0. The van der Waals surface area contributed by atoms with Crippen LogP contribution in [0.2, 0.25) is 0 Å². The van der Waals surface area contributed by atoms with E-state index in [1.165, 1.54) is 60.3 Å². The minimum atomic E-state index is 0.0408. The summed E-state index contributed by atoms with van der Waals surface area (Å²) in [6.45, 7) is 3.92. The minimum Gasteiger partial charge on any atom is -0.355 e. The Hall–Kier alpha value is -5.08. The highest BCUT2D eigenvalue weighted by molar-refractivity contribution is 6.11. The van der Waals surface area contributed by atoms with Crippen molar-refractivity contribution in [3.8, 4) is 11.1 Å². The van der Waals surface area contributed by atoms with E-state index >= 15 is 0 Å². The maximum atomic E-state index is 3.92. The second-order valence-corrected chi connectivity index (χ2v) is 9.93. The van der Waals surface area contributed by atoms with Crippen LogP contribution < -0.4 is 0 Å². The third-order valence-corrected chi connectivity index (χ3v) is 7.58. The number of aromatic amines is 1. The largest absolute Gasteiger partial charge is 0.355 e. The van der Waals surface area contributed by atoms with Crippen molar-refractivity contribution < 1.29 is 0 Å². The molecule has 2 heterocycles. The van der Waals surface area contributed by atoms with Gasteiger partial charge in [-0.2, -0.15) is 0 Å². The van der Waals surface area contributed by atoms with E-state index in [4.69, 9.17) is 0 Å². The van der Waals surface area contributed by atoms with Crippen molar-refractivity contribution in [1.82, 2.24) is 9.55 Å². The third-order valence-electron chi connectivity index (χ3n) is 7.58. The fraction of sp³-hybridized carbons (Fsp3) is 0.0270. The first-order valence-corrected chi connectivity index (χ1v) is 13.4. The van der Waals surface area contributed by atoms with Crippen molar-refractivity contribution >= 4 is 49.7 Å². The van der Waals surface area contributed by atoms with Crippen LogP contribution in [0.4, 0.5) is 0 Å². The van der Waals surface area contributed by atoms with E-state index in [-0.39, 0.29) is 6.04 Å². The van der Waals surface area contributed by atoms with Crippen molar-refractivity contribution in [3.63, 3.8) is 0 Å². The smallest absolute Gasteiger partial charge is 0.0713 e. The molecule has 0 aliphatic heterocycles. The molecule has 39 heavy (non-hydrogen) atoms. The van der Waals surface area contributed by atoms with Gasteiger partial charge in [0, 0.05) is 43.6 Å². The molecule has 1 N–H and O–H groups in total. The number of nitrogens with zero attached hydrogens (tertiary/aromatic N) is 1. The fourth-order valence-electron chi connectivity index (χ4n) is 5.73. The second-order valence-electron chi connectivity index (χ2n) is 9.93. The zero-order valence-corrected chi connectivity index (χ0v) is 21.6. The molecule has 186 valence electrons. The van der Waals surface area contributed by atoms with Crippen LogP contribution >= 0.6 is 0 Å². The Morgan fingerprint density at radius 1 is 0.590 bits per heavy atom. The van der Waals surface area contributed by atoms with Crippen LogP contribution in [0.3, 0.4) is 0 Å². The molecule has 5 aromatic carbocycles. The Labute approximate surface area is 227 Å². The first kappa shape index (κ1) is 23.1. The third kappa shape index (κ3) is 4.07. The van der Waals surface area contributed by atoms with E-state index < -0.39 is 0 Å². The average Bonchev–Trinajstić information content (AvgIpc) is 3.53. The van der Waals surface area contributed by atoms with Gasteiger partial charge in [0.1, 0.15) is 0 Å². The lowest BCUT2D eigenvalue weighted by molar-refractivity contribution is 0.784. The fourth-order valence-corrected chi connectivity index (χ4v) is 5.73. The second kappa shape index (κ2) is 9.66. The van der Waals surface area contributed by atoms with Crippen LogP contribution in [0.1, 0.15) is 11.6 Å². The molecule has 7 rings (SSSR count). The highest BCUT2D eigenvalue weighted by Gasteiger charge is 2.16. The molecular formula is C37H28N2. The number of aromatic nitrogens is 2. The molecule has 0 radical (unpaired) electrons. The molecule has 1 unspecified atom stereocenters. The normalized spacial score (nSPS) is 12.9. The Kier molecular flexibility index (Phi) is 5.71. The summed E-state index contributed by atoms with van der Waals surface area (Å²) in [7, 11) is 0. The maximum absolute atomic E-state index is 3.92. The Bertz CT molecular complexity index is 2030. The van der Waals surface area contributed by atoms with Crippen LogP contribution in [0.5, 0.6) is 0 Å². The van der Waals surface area contributed by atoms with Gasteiger partial charge in [0.05, 0.1) is 6.04 Å². The average molecular weight is 501 g/mol. The molecule has 0 bridgehead atoms. The Morgan fingerprint density at radius 2 is 1.26 bits per heavy atom. The summed E-state index contributed by atoms with van der Waals surface area (Å²) < 4.78 is 2.43. The topological polar surface area (TPSA) is 20.7 Å². The van der Waals surface area contributed by atoms with Gasteiger partial charge in [0.25, 0.3) is 0 Å². The molecular weight excluding hydrogens is 472 g/mol.